The number of carbonyl (C=O) groups excluding carboxylic acids is 2. The Morgan fingerprint density at radius 3 is 2.46 bits per heavy atom. The van der Waals surface area contributed by atoms with E-state index in [1.165, 1.54) is 49.4 Å². The molecule has 4 rings (SSSR count). The van der Waals surface area contributed by atoms with Crippen LogP contribution in [0.4, 0.5) is 9.18 Å². The number of esters is 1. The Bertz CT molecular complexity index is 1430. The monoisotopic (exact) mass is 475 g/mol. The Morgan fingerprint density at radius 1 is 1.03 bits per heavy atom. The minimum Gasteiger partial charge on any atom is -0.460 e. The maximum atomic E-state index is 13.3. The van der Waals surface area contributed by atoms with Gasteiger partial charge in [0, 0.05) is 6.07 Å². The molecule has 1 aromatic heterocycles. The molecule has 1 heterocycles. The van der Waals surface area contributed by atoms with Crippen molar-refractivity contribution in [2.24, 2.45) is 0 Å². The highest BCUT2D eigenvalue weighted by Gasteiger charge is 2.20. The summed E-state index contributed by atoms with van der Waals surface area (Å²) < 4.78 is 29.5. The van der Waals surface area contributed by atoms with Crippen molar-refractivity contribution in [3.63, 3.8) is 0 Å². The third-order valence-electron chi connectivity index (χ3n) is 5.29. The molecule has 0 aliphatic rings. The molecule has 1 amide bonds. The number of ether oxygens (including phenoxy) is 2. The first-order chi connectivity index (χ1) is 16.8. The maximum Gasteiger partial charge on any atom is 0.408 e. The van der Waals surface area contributed by atoms with Crippen LogP contribution in [-0.2, 0) is 16.1 Å². The fourth-order valence-electron chi connectivity index (χ4n) is 3.50. The number of hydrogen-bond acceptors (Lipinski definition) is 6. The predicted molar refractivity (Wildman–Crippen MR) is 127 cm³/mol. The number of rotatable bonds is 6. The van der Waals surface area contributed by atoms with Crippen molar-refractivity contribution in [1.29, 1.82) is 0 Å². The molecule has 0 saturated carbocycles. The molecule has 4 aromatic rings. The minimum atomic E-state index is -0.983. The van der Waals surface area contributed by atoms with E-state index in [1.54, 1.807) is 6.92 Å². The van der Waals surface area contributed by atoms with Gasteiger partial charge in [-0.05, 0) is 49.2 Å². The lowest BCUT2D eigenvalue weighted by molar-refractivity contribution is -0.136. The van der Waals surface area contributed by atoms with Crippen molar-refractivity contribution < 1.29 is 27.9 Å². The van der Waals surface area contributed by atoms with Crippen LogP contribution in [0.15, 0.2) is 82.0 Å². The summed E-state index contributed by atoms with van der Waals surface area (Å²) in [5.74, 6) is -0.640. The number of fused-ring (bicyclic) bond motifs is 1. The Morgan fingerprint density at radius 2 is 1.74 bits per heavy atom. The number of nitrogens with one attached hydrogen (secondary N) is 1. The zero-order valence-electron chi connectivity index (χ0n) is 19.0. The highest BCUT2D eigenvalue weighted by atomic mass is 19.1. The van der Waals surface area contributed by atoms with Crippen LogP contribution < -0.4 is 15.5 Å². The third-order valence-corrected chi connectivity index (χ3v) is 5.29. The molecule has 0 spiro atoms. The summed E-state index contributed by atoms with van der Waals surface area (Å²) in [5, 5.41) is 2.70. The normalized spacial score (nSPS) is 11.6. The number of aryl methyl sites for hydroxylation is 1. The smallest absolute Gasteiger partial charge is 0.408 e. The summed E-state index contributed by atoms with van der Waals surface area (Å²) in [4.78, 5) is 37.5. The molecule has 0 aliphatic heterocycles. The van der Waals surface area contributed by atoms with Crippen molar-refractivity contribution in [2.75, 3.05) is 0 Å². The van der Waals surface area contributed by atoms with E-state index < -0.39 is 23.9 Å². The first-order valence-corrected chi connectivity index (χ1v) is 10.8. The lowest BCUT2D eigenvalue weighted by Crippen LogP contribution is -2.41. The molecule has 0 aliphatic carbocycles. The van der Waals surface area contributed by atoms with Gasteiger partial charge in [0.2, 0.25) is 5.43 Å². The van der Waals surface area contributed by atoms with Gasteiger partial charge in [0.15, 0.2) is 0 Å². The average molecular weight is 475 g/mol. The fraction of sp³-hybridized carbons (Fsp3) is 0.148. The first-order valence-electron chi connectivity index (χ1n) is 10.8. The molecule has 35 heavy (non-hydrogen) atoms. The van der Waals surface area contributed by atoms with Gasteiger partial charge in [0.05, 0.1) is 10.9 Å². The molecule has 0 unspecified atom stereocenters. The molecule has 8 heteroatoms. The standard InChI is InChI=1S/C27H22FNO6/c1-16(29-27(32)33-15-18-6-4-3-5-7-18)26(31)35-21-12-13-22-23(14-21)34-17(2)24(25(22)30)19-8-10-20(28)11-9-19/h3-14,16H,15H2,1-2H3,(H,29,32)/t16-/m0/s1. The molecule has 3 aromatic carbocycles. The van der Waals surface area contributed by atoms with Gasteiger partial charge in [-0.2, -0.15) is 0 Å². The molecular formula is C27H22FNO6. The van der Waals surface area contributed by atoms with E-state index >= 15 is 0 Å². The van der Waals surface area contributed by atoms with Crippen LogP contribution in [0.25, 0.3) is 22.1 Å². The summed E-state index contributed by atoms with van der Waals surface area (Å²) >= 11 is 0. The lowest BCUT2D eigenvalue weighted by atomic mass is 10.0. The van der Waals surface area contributed by atoms with E-state index in [0.29, 0.717) is 16.9 Å². The van der Waals surface area contributed by atoms with Crippen molar-refractivity contribution in [3.05, 3.63) is 100 Å². The van der Waals surface area contributed by atoms with E-state index in [1.807, 2.05) is 30.3 Å². The molecule has 0 radical (unpaired) electrons. The maximum absolute atomic E-state index is 13.3. The molecular weight excluding hydrogens is 453 g/mol. The molecule has 1 atom stereocenters. The van der Waals surface area contributed by atoms with Gasteiger partial charge in [-0.3, -0.25) is 4.79 Å². The Hall–Kier alpha value is -4.46. The number of benzene rings is 3. The van der Waals surface area contributed by atoms with Crippen LogP contribution in [0.3, 0.4) is 0 Å². The molecule has 0 fully saturated rings. The third kappa shape index (κ3) is 5.55. The van der Waals surface area contributed by atoms with Gasteiger partial charge >= 0.3 is 12.1 Å². The Balaban J connectivity index is 1.44. The van der Waals surface area contributed by atoms with E-state index in [2.05, 4.69) is 5.32 Å². The Labute approximate surface area is 200 Å². The second kappa shape index (κ2) is 10.2. The fourth-order valence-corrected chi connectivity index (χ4v) is 3.50. The van der Waals surface area contributed by atoms with Crippen molar-refractivity contribution in [3.8, 4) is 16.9 Å². The molecule has 1 N–H and O–H groups in total. The first kappa shape index (κ1) is 23.7. The SMILES string of the molecule is Cc1oc2cc(OC(=O)[C@H](C)NC(=O)OCc3ccccc3)ccc2c(=O)c1-c1ccc(F)cc1. The van der Waals surface area contributed by atoms with E-state index in [0.717, 1.165) is 5.56 Å². The number of halogens is 1. The quantitative estimate of drug-likeness (QED) is 0.307. The van der Waals surface area contributed by atoms with E-state index in [-0.39, 0.29) is 28.8 Å². The number of carbonyl (C=O) groups is 2. The van der Waals surface area contributed by atoms with Crippen LogP contribution in [-0.4, -0.2) is 18.1 Å². The number of amides is 1. The molecule has 7 nitrogen and oxygen atoms in total. The summed E-state index contributed by atoms with van der Waals surface area (Å²) in [6.07, 6.45) is -0.758. The van der Waals surface area contributed by atoms with Gasteiger partial charge in [-0.25, -0.2) is 14.0 Å². The van der Waals surface area contributed by atoms with Gasteiger partial charge in [0.25, 0.3) is 0 Å². The number of hydrogen-bond donors (Lipinski definition) is 1. The topological polar surface area (TPSA) is 94.8 Å². The van der Waals surface area contributed by atoms with Crippen LogP contribution >= 0.6 is 0 Å². The minimum absolute atomic E-state index is 0.0669. The van der Waals surface area contributed by atoms with Gasteiger partial charge in [-0.15, -0.1) is 0 Å². The van der Waals surface area contributed by atoms with Gasteiger partial charge in [0.1, 0.15) is 35.6 Å². The van der Waals surface area contributed by atoms with E-state index in [4.69, 9.17) is 13.9 Å². The van der Waals surface area contributed by atoms with Crippen LogP contribution in [0.5, 0.6) is 5.75 Å². The zero-order chi connectivity index (χ0) is 24.9. The highest BCUT2D eigenvalue weighted by Crippen LogP contribution is 2.26. The van der Waals surface area contributed by atoms with Crippen LogP contribution in [0.1, 0.15) is 18.2 Å². The number of alkyl carbamates (subject to hydrolysis) is 1. The molecule has 0 bridgehead atoms. The van der Waals surface area contributed by atoms with Crippen molar-refractivity contribution in [1.82, 2.24) is 5.32 Å². The second-order valence-electron chi connectivity index (χ2n) is 7.88. The summed E-state index contributed by atoms with van der Waals surface area (Å²) in [6, 6.07) is 18.1. The summed E-state index contributed by atoms with van der Waals surface area (Å²) in [7, 11) is 0. The van der Waals surface area contributed by atoms with Crippen molar-refractivity contribution >= 4 is 23.0 Å². The predicted octanol–water partition coefficient (Wildman–Crippen LogP) is 5.13. The summed E-state index contributed by atoms with van der Waals surface area (Å²) in [6.45, 7) is 3.16. The van der Waals surface area contributed by atoms with Crippen molar-refractivity contribution in [2.45, 2.75) is 26.5 Å². The van der Waals surface area contributed by atoms with E-state index in [9.17, 15) is 18.8 Å². The van der Waals surface area contributed by atoms with Gasteiger partial charge < -0.3 is 19.2 Å². The molecule has 178 valence electrons. The average Bonchev–Trinajstić information content (AvgIpc) is 2.84. The van der Waals surface area contributed by atoms with Crippen LogP contribution in [0.2, 0.25) is 0 Å². The highest BCUT2D eigenvalue weighted by molar-refractivity contribution is 5.86. The lowest BCUT2D eigenvalue weighted by Gasteiger charge is -2.14. The second-order valence-corrected chi connectivity index (χ2v) is 7.88. The largest absolute Gasteiger partial charge is 0.460 e. The summed E-state index contributed by atoms with van der Waals surface area (Å²) in [5.41, 5.74) is 1.62. The zero-order valence-corrected chi connectivity index (χ0v) is 19.0. The van der Waals surface area contributed by atoms with Crippen LogP contribution in [0, 0.1) is 12.7 Å². The van der Waals surface area contributed by atoms with Gasteiger partial charge in [-0.1, -0.05) is 42.5 Å². The molecule has 0 saturated heterocycles. The Kier molecular flexibility index (Phi) is 6.91.